The first-order chi connectivity index (χ1) is 8.63. The number of hydrogen-bond acceptors (Lipinski definition) is 3. The third kappa shape index (κ3) is 3.39. The zero-order chi connectivity index (χ0) is 13.5. The van der Waals surface area contributed by atoms with Gasteiger partial charge in [0.25, 0.3) is 0 Å². The lowest BCUT2D eigenvalue weighted by Crippen LogP contribution is -2.33. The Morgan fingerprint density at radius 2 is 2.00 bits per heavy atom. The van der Waals surface area contributed by atoms with Gasteiger partial charge in [-0.25, -0.2) is 0 Å². The highest BCUT2D eigenvalue weighted by molar-refractivity contribution is 5.84. The van der Waals surface area contributed by atoms with Crippen LogP contribution in [0.25, 0.3) is 0 Å². The van der Waals surface area contributed by atoms with E-state index in [0.29, 0.717) is 12.3 Å². The standard InChI is InChI=1S/C14H22N2O2/c1-4-10(3)11-8-6-7-9-13(11)18-12(5-2)14(15)16-17/h6-10,12,17H,4-5H2,1-3H3,(H2,15,16). The number of nitrogens with two attached hydrogens (primary N) is 1. The molecule has 2 atom stereocenters. The maximum absolute atomic E-state index is 8.72. The predicted octanol–water partition coefficient (Wildman–Crippen LogP) is 3.10. The van der Waals surface area contributed by atoms with Crippen molar-refractivity contribution in [1.82, 2.24) is 0 Å². The number of benzene rings is 1. The van der Waals surface area contributed by atoms with E-state index in [1.807, 2.05) is 25.1 Å². The van der Waals surface area contributed by atoms with Crippen LogP contribution in [0.3, 0.4) is 0 Å². The topological polar surface area (TPSA) is 67.8 Å². The molecule has 0 aliphatic heterocycles. The molecule has 0 aliphatic carbocycles. The van der Waals surface area contributed by atoms with E-state index in [4.69, 9.17) is 15.7 Å². The van der Waals surface area contributed by atoms with Crippen molar-refractivity contribution in [2.75, 3.05) is 0 Å². The molecular formula is C14H22N2O2. The lowest BCUT2D eigenvalue weighted by molar-refractivity contribution is 0.243. The van der Waals surface area contributed by atoms with Gasteiger partial charge in [0.05, 0.1) is 0 Å². The Hall–Kier alpha value is -1.71. The van der Waals surface area contributed by atoms with Gasteiger partial charge in [0.15, 0.2) is 11.9 Å². The van der Waals surface area contributed by atoms with Crippen molar-refractivity contribution in [3.8, 4) is 5.75 Å². The molecule has 100 valence electrons. The summed E-state index contributed by atoms with van der Waals surface area (Å²) in [5, 5.41) is 11.7. The van der Waals surface area contributed by atoms with E-state index in [1.165, 1.54) is 0 Å². The minimum atomic E-state index is -0.389. The summed E-state index contributed by atoms with van der Waals surface area (Å²) in [5.41, 5.74) is 6.77. The molecule has 0 bridgehead atoms. The van der Waals surface area contributed by atoms with E-state index in [9.17, 15) is 0 Å². The van der Waals surface area contributed by atoms with Gasteiger partial charge in [-0.15, -0.1) is 0 Å². The highest BCUT2D eigenvalue weighted by atomic mass is 16.5. The first-order valence-corrected chi connectivity index (χ1v) is 6.36. The van der Waals surface area contributed by atoms with Gasteiger partial charge in [-0.2, -0.15) is 0 Å². The Morgan fingerprint density at radius 3 is 2.56 bits per heavy atom. The number of para-hydroxylation sites is 1. The molecule has 0 heterocycles. The van der Waals surface area contributed by atoms with Gasteiger partial charge < -0.3 is 15.7 Å². The van der Waals surface area contributed by atoms with Crippen molar-refractivity contribution in [2.24, 2.45) is 10.9 Å². The lowest BCUT2D eigenvalue weighted by Gasteiger charge is -2.20. The van der Waals surface area contributed by atoms with E-state index in [0.717, 1.165) is 17.7 Å². The van der Waals surface area contributed by atoms with E-state index < -0.39 is 0 Å². The second-order valence-electron chi connectivity index (χ2n) is 4.39. The van der Waals surface area contributed by atoms with Gasteiger partial charge in [-0.05, 0) is 30.4 Å². The fourth-order valence-corrected chi connectivity index (χ4v) is 1.79. The van der Waals surface area contributed by atoms with E-state index in [1.54, 1.807) is 0 Å². The Kier molecular flexibility index (Phi) is 5.49. The Balaban J connectivity index is 2.96. The fraction of sp³-hybridized carbons (Fsp3) is 0.500. The summed E-state index contributed by atoms with van der Waals surface area (Å²) in [5.74, 6) is 1.34. The van der Waals surface area contributed by atoms with Crippen LogP contribution >= 0.6 is 0 Å². The van der Waals surface area contributed by atoms with E-state index in [2.05, 4.69) is 25.1 Å². The largest absolute Gasteiger partial charge is 0.482 e. The predicted molar refractivity (Wildman–Crippen MR) is 73.3 cm³/mol. The lowest BCUT2D eigenvalue weighted by atomic mass is 9.98. The highest BCUT2D eigenvalue weighted by Gasteiger charge is 2.17. The van der Waals surface area contributed by atoms with Crippen molar-refractivity contribution < 1.29 is 9.94 Å². The zero-order valence-corrected chi connectivity index (χ0v) is 11.3. The molecule has 0 fully saturated rings. The average Bonchev–Trinajstić information content (AvgIpc) is 2.43. The summed E-state index contributed by atoms with van der Waals surface area (Å²) in [6.45, 7) is 6.24. The van der Waals surface area contributed by atoms with Crippen molar-refractivity contribution >= 4 is 5.84 Å². The number of rotatable bonds is 6. The molecule has 18 heavy (non-hydrogen) atoms. The van der Waals surface area contributed by atoms with Crippen LogP contribution in [0.2, 0.25) is 0 Å². The van der Waals surface area contributed by atoms with Crippen LogP contribution in [-0.4, -0.2) is 17.1 Å². The Bertz CT molecular complexity index is 405. The summed E-state index contributed by atoms with van der Waals surface area (Å²) < 4.78 is 5.85. The van der Waals surface area contributed by atoms with Crippen LogP contribution in [0.4, 0.5) is 0 Å². The van der Waals surface area contributed by atoms with E-state index in [-0.39, 0.29) is 11.9 Å². The molecule has 4 heteroatoms. The molecule has 0 amide bonds. The van der Waals surface area contributed by atoms with Crippen LogP contribution < -0.4 is 10.5 Å². The molecule has 3 N–H and O–H groups in total. The molecule has 1 aromatic carbocycles. The summed E-state index contributed by atoms with van der Waals surface area (Å²) in [7, 11) is 0. The molecule has 0 saturated heterocycles. The summed E-state index contributed by atoms with van der Waals surface area (Å²) in [6, 6.07) is 7.91. The van der Waals surface area contributed by atoms with Gasteiger partial charge in [0, 0.05) is 0 Å². The summed E-state index contributed by atoms with van der Waals surface area (Å²) >= 11 is 0. The fourth-order valence-electron chi connectivity index (χ4n) is 1.79. The number of nitrogens with zero attached hydrogens (tertiary/aromatic N) is 1. The molecule has 1 rings (SSSR count). The summed E-state index contributed by atoms with van der Waals surface area (Å²) in [6.07, 6.45) is 1.31. The minimum Gasteiger partial charge on any atom is -0.482 e. The average molecular weight is 250 g/mol. The van der Waals surface area contributed by atoms with E-state index >= 15 is 0 Å². The number of ether oxygens (including phenoxy) is 1. The van der Waals surface area contributed by atoms with Crippen molar-refractivity contribution in [2.45, 2.75) is 45.6 Å². The SMILES string of the molecule is CCC(Oc1ccccc1C(C)CC)C(N)=NO. The molecule has 0 saturated carbocycles. The van der Waals surface area contributed by atoms with Crippen LogP contribution in [0, 0.1) is 0 Å². The Labute approximate surface area is 108 Å². The maximum Gasteiger partial charge on any atom is 0.180 e. The molecule has 0 aliphatic rings. The third-order valence-electron chi connectivity index (χ3n) is 3.15. The van der Waals surface area contributed by atoms with Crippen LogP contribution in [0.1, 0.15) is 45.1 Å². The number of hydrogen-bond donors (Lipinski definition) is 2. The van der Waals surface area contributed by atoms with Gasteiger partial charge in [0.2, 0.25) is 0 Å². The second kappa shape index (κ2) is 6.89. The zero-order valence-electron chi connectivity index (χ0n) is 11.3. The van der Waals surface area contributed by atoms with Crippen molar-refractivity contribution in [3.63, 3.8) is 0 Å². The van der Waals surface area contributed by atoms with Gasteiger partial charge in [-0.3, -0.25) is 0 Å². The molecule has 0 spiro atoms. The molecule has 1 aromatic rings. The van der Waals surface area contributed by atoms with Gasteiger partial charge in [-0.1, -0.05) is 44.1 Å². The van der Waals surface area contributed by atoms with Gasteiger partial charge >= 0.3 is 0 Å². The number of amidine groups is 1. The smallest absolute Gasteiger partial charge is 0.180 e. The van der Waals surface area contributed by atoms with Crippen LogP contribution in [0.15, 0.2) is 29.4 Å². The second-order valence-corrected chi connectivity index (χ2v) is 4.39. The first kappa shape index (κ1) is 14.4. The van der Waals surface area contributed by atoms with Crippen molar-refractivity contribution in [3.05, 3.63) is 29.8 Å². The third-order valence-corrected chi connectivity index (χ3v) is 3.15. The number of oxime groups is 1. The molecule has 2 unspecified atom stereocenters. The summed E-state index contributed by atoms with van der Waals surface area (Å²) in [4.78, 5) is 0. The van der Waals surface area contributed by atoms with Crippen LogP contribution in [-0.2, 0) is 0 Å². The molecule has 0 radical (unpaired) electrons. The quantitative estimate of drug-likeness (QED) is 0.353. The van der Waals surface area contributed by atoms with Crippen LogP contribution in [0.5, 0.6) is 5.75 Å². The maximum atomic E-state index is 8.72. The monoisotopic (exact) mass is 250 g/mol. The molecular weight excluding hydrogens is 228 g/mol. The highest BCUT2D eigenvalue weighted by Crippen LogP contribution is 2.29. The van der Waals surface area contributed by atoms with Crippen molar-refractivity contribution in [1.29, 1.82) is 0 Å². The molecule has 0 aromatic heterocycles. The molecule has 4 nitrogen and oxygen atoms in total. The van der Waals surface area contributed by atoms with Gasteiger partial charge in [0.1, 0.15) is 5.75 Å². The minimum absolute atomic E-state index is 0.108. The Morgan fingerprint density at radius 1 is 1.33 bits per heavy atom. The first-order valence-electron chi connectivity index (χ1n) is 6.36. The normalized spacial score (nSPS) is 15.2.